The predicted molar refractivity (Wildman–Crippen MR) is 92.3 cm³/mol. The summed E-state index contributed by atoms with van der Waals surface area (Å²) in [5, 5.41) is 0. The molecule has 2 aromatic rings. The van der Waals surface area contributed by atoms with Gasteiger partial charge in [0.1, 0.15) is 11.4 Å². The molecule has 1 atom stereocenters. The summed E-state index contributed by atoms with van der Waals surface area (Å²) in [6.45, 7) is 7.95. The Balaban J connectivity index is 1.55. The number of fused-ring (bicyclic) bond motifs is 3. The van der Waals surface area contributed by atoms with Crippen molar-refractivity contribution >= 4 is 0 Å². The minimum atomic E-state index is -0.263. The van der Waals surface area contributed by atoms with Gasteiger partial charge in [0.25, 0.3) is 0 Å². The van der Waals surface area contributed by atoms with Crippen LogP contribution in [0.1, 0.15) is 19.0 Å². The van der Waals surface area contributed by atoms with E-state index in [0.717, 1.165) is 50.6 Å². The molecule has 0 spiro atoms. The van der Waals surface area contributed by atoms with Gasteiger partial charge in [-0.15, -0.1) is 0 Å². The molecule has 2 aliphatic heterocycles. The van der Waals surface area contributed by atoms with Crippen molar-refractivity contribution in [3.05, 3.63) is 48.3 Å². The third-order valence-electron chi connectivity index (χ3n) is 5.25. The second-order valence-corrected chi connectivity index (χ2v) is 6.96. The minimum absolute atomic E-state index is 0.263. The van der Waals surface area contributed by atoms with Crippen LogP contribution in [0, 0.1) is 0 Å². The standard InChI is InChI=1S/C19H25N3O/c1-19(9-11-21-14-12-20(2)13-15-21)18-8-5-10-22(18)16-6-3-4-7-17(16)23-19/h3-8,10H,9,11-15H2,1-2H3. The van der Waals surface area contributed by atoms with E-state index in [0.29, 0.717) is 0 Å². The Morgan fingerprint density at radius 3 is 2.65 bits per heavy atom. The lowest BCUT2D eigenvalue weighted by atomic mass is 9.95. The van der Waals surface area contributed by atoms with Crippen molar-refractivity contribution < 1.29 is 4.74 Å². The Kier molecular flexibility index (Phi) is 3.66. The molecule has 1 saturated heterocycles. The normalized spacial score (nSPS) is 24.8. The van der Waals surface area contributed by atoms with Crippen molar-refractivity contribution in [2.75, 3.05) is 39.8 Å². The molecule has 2 aliphatic rings. The van der Waals surface area contributed by atoms with E-state index in [1.165, 1.54) is 5.69 Å². The highest BCUT2D eigenvalue weighted by atomic mass is 16.5. The molecule has 0 amide bonds. The molecule has 4 rings (SSSR count). The van der Waals surface area contributed by atoms with E-state index < -0.39 is 0 Å². The van der Waals surface area contributed by atoms with Crippen LogP contribution >= 0.6 is 0 Å². The van der Waals surface area contributed by atoms with E-state index in [4.69, 9.17) is 4.74 Å². The first kappa shape index (κ1) is 14.8. The first-order valence-corrected chi connectivity index (χ1v) is 8.53. The lowest BCUT2D eigenvalue weighted by molar-refractivity contribution is 0.0424. The van der Waals surface area contributed by atoms with Crippen molar-refractivity contribution in [2.24, 2.45) is 0 Å². The number of nitrogens with zero attached hydrogens (tertiary/aromatic N) is 3. The summed E-state index contributed by atoms with van der Waals surface area (Å²) in [5.41, 5.74) is 2.14. The summed E-state index contributed by atoms with van der Waals surface area (Å²) in [7, 11) is 2.20. The van der Waals surface area contributed by atoms with Gasteiger partial charge < -0.3 is 19.1 Å². The zero-order chi connectivity index (χ0) is 15.9. The van der Waals surface area contributed by atoms with Gasteiger partial charge in [-0.1, -0.05) is 12.1 Å². The summed E-state index contributed by atoms with van der Waals surface area (Å²) >= 11 is 0. The third-order valence-corrected chi connectivity index (χ3v) is 5.25. The van der Waals surface area contributed by atoms with E-state index >= 15 is 0 Å². The molecule has 4 heteroatoms. The number of aromatic nitrogens is 1. The van der Waals surface area contributed by atoms with E-state index in [1.54, 1.807) is 0 Å². The lowest BCUT2D eigenvalue weighted by Crippen LogP contribution is -2.46. The molecule has 3 heterocycles. The molecule has 1 aromatic carbocycles. The van der Waals surface area contributed by atoms with Gasteiger partial charge in [0.05, 0.1) is 11.4 Å². The van der Waals surface area contributed by atoms with E-state index in [9.17, 15) is 0 Å². The van der Waals surface area contributed by atoms with Crippen LogP contribution < -0.4 is 4.74 Å². The molecular weight excluding hydrogens is 286 g/mol. The molecule has 0 bridgehead atoms. The summed E-state index contributed by atoms with van der Waals surface area (Å²) in [6, 6.07) is 12.6. The summed E-state index contributed by atoms with van der Waals surface area (Å²) < 4.78 is 8.74. The maximum absolute atomic E-state index is 6.46. The summed E-state index contributed by atoms with van der Waals surface area (Å²) in [5.74, 6) is 0.983. The average molecular weight is 311 g/mol. The van der Waals surface area contributed by atoms with E-state index in [1.807, 2.05) is 6.07 Å². The minimum Gasteiger partial charge on any atom is -0.479 e. The van der Waals surface area contributed by atoms with Crippen LogP contribution in [0.4, 0.5) is 0 Å². The van der Waals surface area contributed by atoms with E-state index in [2.05, 4.69) is 64.9 Å². The van der Waals surface area contributed by atoms with Gasteiger partial charge in [-0.3, -0.25) is 0 Å². The number of likely N-dealkylation sites (N-methyl/N-ethyl adjacent to an activating group) is 1. The molecule has 4 nitrogen and oxygen atoms in total. The molecule has 1 aromatic heterocycles. The maximum atomic E-state index is 6.46. The Hall–Kier alpha value is -1.78. The predicted octanol–water partition coefficient (Wildman–Crippen LogP) is 2.72. The van der Waals surface area contributed by atoms with Gasteiger partial charge in [0.15, 0.2) is 0 Å². The van der Waals surface area contributed by atoms with Gasteiger partial charge in [-0.25, -0.2) is 0 Å². The van der Waals surface area contributed by atoms with Gasteiger partial charge >= 0.3 is 0 Å². The highest BCUT2D eigenvalue weighted by Gasteiger charge is 2.37. The van der Waals surface area contributed by atoms with Crippen LogP contribution in [0.15, 0.2) is 42.6 Å². The first-order valence-electron chi connectivity index (χ1n) is 8.53. The number of piperazine rings is 1. The largest absolute Gasteiger partial charge is 0.479 e. The van der Waals surface area contributed by atoms with Crippen molar-refractivity contribution in [3.8, 4) is 11.4 Å². The smallest absolute Gasteiger partial charge is 0.148 e. The van der Waals surface area contributed by atoms with Gasteiger partial charge in [-0.2, -0.15) is 0 Å². The van der Waals surface area contributed by atoms with Crippen molar-refractivity contribution in [2.45, 2.75) is 18.9 Å². The molecule has 1 fully saturated rings. The first-order chi connectivity index (χ1) is 11.2. The number of para-hydroxylation sites is 2. The number of rotatable bonds is 3. The topological polar surface area (TPSA) is 20.6 Å². The highest BCUT2D eigenvalue weighted by Crippen LogP contribution is 2.41. The molecule has 23 heavy (non-hydrogen) atoms. The van der Waals surface area contributed by atoms with Crippen molar-refractivity contribution in [3.63, 3.8) is 0 Å². The van der Waals surface area contributed by atoms with Gasteiger partial charge in [0.2, 0.25) is 0 Å². The maximum Gasteiger partial charge on any atom is 0.148 e. The summed E-state index contributed by atoms with van der Waals surface area (Å²) in [4.78, 5) is 4.96. The fourth-order valence-corrected chi connectivity index (χ4v) is 3.68. The molecular formula is C19H25N3O. The quantitative estimate of drug-likeness (QED) is 0.869. The van der Waals surface area contributed by atoms with Crippen molar-refractivity contribution in [1.82, 2.24) is 14.4 Å². The molecule has 0 aliphatic carbocycles. The number of ether oxygens (including phenoxy) is 1. The average Bonchev–Trinajstić information content (AvgIpc) is 3.06. The molecule has 0 saturated carbocycles. The number of hydrogen-bond acceptors (Lipinski definition) is 3. The Morgan fingerprint density at radius 1 is 1.04 bits per heavy atom. The highest BCUT2D eigenvalue weighted by molar-refractivity contribution is 5.51. The summed E-state index contributed by atoms with van der Waals surface area (Å²) in [6.07, 6.45) is 3.15. The van der Waals surface area contributed by atoms with Crippen LogP contribution in [0.25, 0.3) is 5.69 Å². The fourth-order valence-electron chi connectivity index (χ4n) is 3.68. The van der Waals surface area contributed by atoms with Crippen LogP contribution in [-0.2, 0) is 5.60 Å². The lowest BCUT2D eigenvalue weighted by Gasteiger charge is -2.39. The van der Waals surface area contributed by atoms with Crippen LogP contribution in [-0.4, -0.2) is 54.1 Å². The zero-order valence-electron chi connectivity index (χ0n) is 14.0. The Labute approximate surface area is 138 Å². The number of hydrogen-bond donors (Lipinski definition) is 0. The van der Waals surface area contributed by atoms with Gasteiger partial charge in [-0.05, 0) is 38.2 Å². The van der Waals surface area contributed by atoms with Crippen LogP contribution in [0.5, 0.6) is 5.75 Å². The monoisotopic (exact) mass is 311 g/mol. The Bertz CT molecular complexity index is 687. The molecule has 122 valence electrons. The SMILES string of the molecule is CN1CCN(CCC2(C)Oc3ccccc3-n3cccc32)CC1. The second kappa shape index (κ2) is 5.69. The van der Waals surface area contributed by atoms with Crippen LogP contribution in [0.2, 0.25) is 0 Å². The fraction of sp³-hybridized carbons (Fsp3) is 0.474. The second-order valence-electron chi connectivity index (χ2n) is 6.96. The molecule has 0 radical (unpaired) electrons. The van der Waals surface area contributed by atoms with E-state index in [-0.39, 0.29) is 5.60 Å². The van der Waals surface area contributed by atoms with Crippen LogP contribution in [0.3, 0.4) is 0 Å². The third kappa shape index (κ3) is 2.66. The Morgan fingerprint density at radius 2 is 1.83 bits per heavy atom. The molecule has 1 unspecified atom stereocenters. The van der Waals surface area contributed by atoms with Crippen molar-refractivity contribution in [1.29, 1.82) is 0 Å². The van der Waals surface area contributed by atoms with Gasteiger partial charge in [0, 0.05) is 45.3 Å². The number of benzene rings is 1. The zero-order valence-corrected chi connectivity index (χ0v) is 14.0. The molecule has 0 N–H and O–H groups in total.